The minimum Gasteiger partial charge on any atom is -0.328 e. The Morgan fingerprint density at radius 2 is 1.75 bits per heavy atom. The summed E-state index contributed by atoms with van der Waals surface area (Å²) in [6.07, 6.45) is 6.65. The van der Waals surface area contributed by atoms with Crippen LogP contribution in [0.3, 0.4) is 0 Å². The van der Waals surface area contributed by atoms with Crippen molar-refractivity contribution in [3.63, 3.8) is 0 Å². The van der Waals surface area contributed by atoms with Crippen molar-refractivity contribution in [2.75, 3.05) is 13.1 Å². The number of hydrogen-bond donors (Lipinski definition) is 1. The molecule has 2 rings (SSSR count). The maximum absolute atomic E-state index is 5.88. The van der Waals surface area contributed by atoms with Crippen LogP contribution in [-0.2, 0) is 0 Å². The Morgan fingerprint density at radius 1 is 1.06 bits per heavy atom. The molecule has 1 unspecified atom stereocenters. The van der Waals surface area contributed by atoms with E-state index in [1.165, 1.54) is 45.2 Å². The summed E-state index contributed by atoms with van der Waals surface area (Å²) in [4.78, 5) is 2.70. The fourth-order valence-corrected chi connectivity index (χ4v) is 3.28. The summed E-state index contributed by atoms with van der Waals surface area (Å²) in [6.45, 7) is 9.80. The molecule has 94 valence electrons. The van der Waals surface area contributed by atoms with Crippen molar-refractivity contribution in [2.24, 2.45) is 17.1 Å². The molecule has 1 saturated carbocycles. The predicted molar refractivity (Wildman–Crippen MR) is 69.4 cm³/mol. The number of likely N-dealkylation sites (tertiary alicyclic amines) is 1. The fourth-order valence-electron chi connectivity index (χ4n) is 3.28. The van der Waals surface area contributed by atoms with Gasteiger partial charge in [-0.3, -0.25) is 0 Å². The first-order valence-corrected chi connectivity index (χ1v) is 6.96. The monoisotopic (exact) mass is 224 g/mol. The molecular formula is C14H28N2. The molecule has 0 amide bonds. The average Bonchev–Trinajstić information content (AvgIpc) is 2.36. The van der Waals surface area contributed by atoms with Gasteiger partial charge in [-0.1, -0.05) is 20.8 Å². The van der Waals surface area contributed by atoms with Crippen molar-refractivity contribution in [2.45, 2.75) is 65.0 Å². The number of hydrogen-bond acceptors (Lipinski definition) is 2. The summed E-state index contributed by atoms with van der Waals surface area (Å²) in [5, 5.41) is 0. The highest BCUT2D eigenvalue weighted by atomic mass is 15.2. The number of nitrogens with two attached hydrogens (primary N) is 1. The molecule has 16 heavy (non-hydrogen) atoms. The van der Waals surface area contributed by atoms with Gasteiger partial charge in [0.05, 0.1) is 0 Å². The number of rotatable bonds is 1. The summed E-state index contributed by atoms with van der Waals surface area (Å²) in [6, 6.07) is 1.31. The van der Waals surface area contributed by atoms with Crippen LogP contribution in [0.5, 0.6) is 0 Å². The molecule has 0 aromatic heterocycles. The summed E-state index contributed by atoms with van der Waals surface area (Å²) in [5.74, 6) is 0.909. The van der Waals surface area contributed by atoms with E-state index >= 15 is 0 Å². The van der Waals surface area contributed by atoms with Crippen LogP contribution in [0.2, 0.25) is 0 Å². The molecule has 2 N–H and O–H groups in total. The minimum atomic E-state index is 0.492. The van der Waals surface area contributed by atoms with Gasteiger partial charge in [-0.05, 0) is 56.5 Å². The van der Waals surface area contributed by atoms with Crippen molar-refractivity contribution in [3.05, 3.63) is 0 Å². The molecule has 2 fully saturated rings. The van der Waals surface area contributed by atoms with Crippen LogP contribution < -0.4 is 5.73 Å². The lowest BCUT2D eigenvalue weighted by molar-refractivity contribution is 0.109. The van der Waals surface area contributed by atoms with Crippen LogP contribution in [0, 0.1) is 11.3 Å². The molecule has 0 aromatic rings. The normalized spacial score (nSPS) is 37.9. The highest BCUT2D eigenvalue weighted by Gasteiger charge is 2.34. The van der Waals surface area contributed by atoms with Gasteiger partial charge in [0, 0.05) is 12.1 Å². The van der Waals surface area contributed by atoms with Gasteiger partial charge in [0.1, 0.15) is 0 Å². The Balaban J connectivity index is 1.84. The molecular weight excluding hydrogens is 196 g/mol. The van der Waals surface area contributed by atoms with Crippen LogP contribution in [0.25, 0.3) is 0 Å². The van der Waals surface area contributed by atoms with Crippen LogP contribution >= 0.6 is 0 Å². The molecule has 1 aliphatic carbocycles. The first-order valence-electron chi connectivity index (χ1n) is 6.96. The fraction of sp³-hybridized carbons (Fsp3) is 1.00. The van der Waals surface area contributed by atoms with Gasteiger partial charge in [-0.15, -0.1) is 0 Å². The zero-order valence-corrected chi connectivity index (χ0v) is 11.2. The van der Waals surface area contributed by atoms with Gasteiger partial charge >= 0.3 is 0 Å². The average molecular weight is 224 g/mol. The topological polar surface area (TPSA) is 29.3 Å². The summed E-state index contributed by atoms with van der Waals surface area (Å²) in [5.41, 5.74) is 6.38. The van der Waals surface area contributed by atoms with E-state index in [2.05, 4.69) is 25.7 Å². The number of nitrogens with zero attached hydrogens (tertiary/aromatic N) is 1. The van der Waals surface area contributed by atoms with Crippen LogP contribution in [0.4, 0.5) is 0 Å². The predicted octanol–water partition coefficient (Wildman–Crippen LogP) is 2.62. The molecule has 1 aliphatic heterocycles. The second-order valence-electron chi connectivity index (χ2n) is 6.92. The van der Waals surface area contributed by atoms with Crippen molar-refractivity contribution in [1.82, 2.24) is 4.90 Å². The van der Waals surface area contributed by atoms with Crippen molar-refractivity contribution in [1.29, 1.82) is 0 Å². The highest BCUT2D eigenvalue weighted by molar-refractivity contribution is 4.91. The summed E-state index contributed by atoms with van der Waals surface area (Å²) >= 11 is 0. The Bertz CT molecular complexity index is 225. The Morgan fingerprint density at radius 3 is 2.31 bits per heavy atom. The Labute approximate surface area is 101 Å². The Kier molecular flexibility index (Phi) is 3.60. The second kappa shape index (κ2) is 4.66. The molecule has 2 nitrogen and oxygen atoms in total. The molecule has 1 heterocycles. The van der Waals surface area contributed by atoms with E-state index in [4.69, 9.17) is 5.73 Å². The second-order valence-corrected chi connectivity index (χ2v) is 6.92. The minimum absolute atomic E-state index is 0.492. The maximum atomic E-state index is 5.88. The lowest BCUT2D eigenvalue weighted by atomic mass is 9.76. The van der Waals surface area contributed by atoms with Crippen LogP contribution in [-0.4, -0.2) is 30.1 Å². The molecule has 0 bridgehead atoms. The smallest absolute Gasteiger partial charge is 0.0125 e. The van der Waals surface area contributed by atoms with E-state index in [-0.39, 0.29) is 0 Å². The van der Waals surface area contributed by atoms with Crippen molar-refractivity contribution < 1.29 is 0 Å². The van der Waals surface area contributed by atoms with Gasteiger partial charge < -0.3 is 10.6 Å². The first-order chi connectivity index (χ1) is 7.47. The van der Waals surface area contributed by atoms with Gasteiger partial charge in [0.25, 0.3) is 0 Å². The molecule has 0 radical (unpaired) electrons. The molecule has 2 heteroatoms. The molecule has 2 aliphatic rings. The van der Waals surface area contributed by atoms with Gasteiger partial charge in [-0.2, -0.15) is 0 Å². The van der Waals surface area contributed by atoms with Crippen molar-refractivity contribution in [3.8, 4) is 0 Å². The van der Waals surface area contributed by atoms with Gasteiger partial charge in [0.15, 0.2) is 0 Å². The largest absolute Gasteiger partial charge is 0.328 e. The van der Waals surface area contributed by atoms with E-state index in [1.54, 1.807) is 0 Å². The van der Waals surface area contributed by atoms with Gasteiger partial charge in [-0.25, -0.2) is 0 Å². The maximum Gasteiger partial charge on any atom is 0.0125 e. The van der Waals surface area contributed by atoms with E-state index in [9.17, 15) is 0 Å². The molecule has 0 aromatic carbocycles. The SMILES string of the molecule is CC(C)(C)C1CCCN(C2CC(N)C2)CC1. The Hall–Kier alpha value is -0.0800. The third-order valence-corrected chi connectivity index (χ3v) is 4.65. The molecule has 1 atom stereocenters. The molecule has 0 spiro atoms. The van der Waals surface area contributed by atoms with Crippen molar-refractivity contribution >= 4 is 0 Å². The summed E-state index contributed by atoms with van der Waals surface area (Å²) < 4.78 is 0. The van der Waals surface area contributed by atoms with E-state index in [1.807, 2.05) is 0 Å². The van der Waals surface area contributed by atoms with E-state index in [0.29, 0.717) is 11.5 Å². The van der Waals surface area contributed by atoms with Gasteiger partial charge in [0.2, 0.25) is 0 Å². The zero-order chi connectivity index (χ0) is 11.8. The zero-order valence-electron chi connectivity index (χ0n) is 11.2. The highest BCUT2D eigenvalue weighted by Crippen LogP contribution is 2.36. The van der Waals surface area contributed by atoms with Crippen LogP contribution in [0.1, 0.15) is 52.9 Å². The van der Waals surface area contributed by atoms with E-state index < -0.39 is 0 Å². The lowest BCUT2D eigenvalue weighted by Gasteiger charge is -2.41. The standard InChI is InChI=1S/C14H28N2/c1-14(2,3)11-5-4-7-16(8-6-11)13-9-12(15)10-13/h11-13H,4-10,15H2,1-3H3. The van der Waals surface area contributed by atoms with Crippen LogP contribution in [0.15, 0.2) is 0 Å². The third kappa shape index (κ3) is 2.78. The lowest BCUT2D eigenvalue weighted by Crippen LogP contribution is -2.50. The summed E-state index contributed by atoms with van der Waals surface area (Å²) in [7, 11) is 0. The quantitative estimate of drug-likeness (QED) is 0.742. The molecule has 1 saturated heterocycles. The third-order valence-electron chi connectivity index (χ3n) is 4.65. The van der Waals surface area contributed by atoms with E-state index in [0.717, 1.165) is 12.0 Å². The first kappa shape index (κ1) is 12.4.